The quantitative estimate of drug-likeness (QED) is 0.771. The van der Waals surface area contributed by atoms with Crippen molar-refractivity contribution < 1.29 is 9.90 Å². The van der Waals surface area contributed by atoms with Gasteiger partial charge in [0.25, 0.3) is 0 Å². The lowest BCUT2D eigenvalue weighted by atomic mass is 10.2. The third-order valence-electron chi connectivity index (χ3n) is 1.99. The molecule has 4 heteroatoms. The molecular weight excluding hydrogens is 198 g/mol. The molecule has 0 saturated carbocycles. The Hall–Kier alpha value is -0.870. The first-order valence-electron chi connectivity index (χ1n) is 4.68. The van der Waals surface area contributed by atoms with E-state index in [1.807, 2.05) is 24.4 Å². The topological polar surface area (TPSA) is 49.3 Å². The van der Waals surface area contributed by atoms with Crippen LogP contribution in [-0.2, 0) is 11.2 Å². The van der Waals surface area contributed by atoms with Crippen molar-refractivity contribution in [1.82, 2.24) is 5.32 Å². The van der Waals surface area contributed by atoms with Gasteiger partial charge in [-0.1, -0.05) is 13.0 Å². The molecule has 0 aliphatic heterocycles. The monoisotopic (exact) mass is 213 g/mol. The second kappa shape index (κ2) is 5.78. The van der Waals surface area contributed by atoms with E-state index in [0.717, 1.165) is 11.3 Å². The first kappa shape index (κ1) is 11.2. The first-order valence-corrected chi connectivity index (χ1v) is 5.56. The molecule has 78 valence electrons. The van der Waals surface area contributed by atoms with Gasteiger partial charge in [-0.2, -0.15) is 0 Å². The van der Waals surface area contributed by atoms with Crippen LogP contribution in [0.3, 0.4) is 0 Å². The molecule has 1 atom stereocenters. The van der Waals surface area contributed by atoms with E-state index in [0.29, 0.717) is 6.42 Å². The molecule has 3 nitrogen and oxygen atoms in total. The standard InChI is InChI=1S/C10H15NO2S/c1-2-8(7-12)11-10(13)6-9-4-3-5-14-9/h3-5,8,12H,2,6-7H2,1H3,(H,11,13). The zero-order chi connectivity index (χ0) is 10.4. The van der Waals surface area contributed by atoms with Crippen LogP contribution in [0.4, 0.5) is 0 Å². The van der Waals surface area contributed by atoms with Crippen LogP contribution in [-0.4, -0.2) is 23.7 Å². The van der Waals surface area contributed by atoms with Gasteiger partial charge in [-0.25, -0.2) is 0 Å². The van der Waals surface area contributed by atoms with E-state index in [1.165, 1.54) is 0 Å². The van der Waals surface area contributed by atoms with Gasteiger partial charge in [0, 0.05) is 4.88 Å². The summed E-state index contributed by atoms with van der Waals surface area (Å²) in [7, 11) is 0. The van der Waals surface area contributed by atoms with E-state index in [1.54, 1.807) is 11.3 Å². The van der Waals surface area contributed by atoms with Gasteiger partial charge >= 0.3 is 0 Å². The van der Waals surface area contributed by atoms with Gasteiger partial charge in [0.15, 0.2) is 0 Å². The fourth-order valence-corrected chi connectivity index (χ4v) is 1.83. The highest BCUT2D eigenvalue weighted by atomic mass is 32.1. The van der Waals surface area contributed by atoms with Crippen LogP contribution in [0.2, 0.25) is 0 Å². The van der Waals surface area contributed by atoms with Gasteiger partial charge in [0.05, 0.1) is 19.1 Å². The molecule has 0 bridgehead atoms. The molecule has 0 fully saturated rings. The van der Waals surface area contributed by atoms with E-state index < -0.39 is 0 Å². The van der Waals surface area contributed by atoms with E-state index >= 15 is 0 Å². The molecule has 0 spiro atoms. The van der Waals surface area contributed by atoms with Crippen LogP contribution >= 0.6 is 11.3 Å². The number of nitrogens with one attached hydrogen (secondary N) is 1. The predicted molar refractivity (Wildman–Crippen MR) is 57.3 cm³/mol. The van der Waals surface area contributed by atoms with Crippen LogP contribution in [0.5, 0.6) is 0 Å². The van der Waals surface area contributed by atoms with Crippen molar-refractivity contribution in [3.63, 3.8) is 0 Å². The predicted octanol–water partition coefficient (Wildman–Crippen LogP) is 1.18. The van der Waals surface area contributed by atoms with Crippen molar-refractivity contribution in [2.45, 2.75) is 25.8 Å². The molecular formula is C10H15NO2S. The van der Waals surface area contributed by atoms with Crippen LogP contribution in [0.1, 0.15) is 18.2 Å². The van der Waals surface area contributed by atoms with Gasteiger partial charge in [0.2, 0.25) is 5.91 Å². The number of rotatable bonds is 5. The van der Waals surface area contributed by atoms with Crippen molar-refractivity contribution in [2.75, 3.05) is 6.61 Å². The van der Waals surface area contributed by atoms with Gasteiger partial charge in [0.1, 0.15) is 0 Å². The van der Waals surface area contributed by atoms with Crippen molar-refractivity contribution in [3.8, 4) is 0 Å². The third kappa shape index (κ3) is 3.47. The molecule has 1 aromatic rings. The number of hydrogen-bond donors (Lipinski definition) is 2. The minimum atomic E-state index is -0.109. The zero-order valence-electron chi connectivity index (χ0n) is 8.19. The lowest BCUT2D eigenvalue weighted by Gasteiger charge is -2.13. The fourth-order valence-electron chi connectivity index (χ4n) is 1.13. The van der Waals surface area contributed by atoms with E-state index in [-0.39, 0.29) is 18.6 Å². The number of hydrogen-bond acceptors (Lipinski definition) is 3. The SMILES string of the molecule is CCC(CO)NC(=O)Cc1cccs1. The Bertz CT molecular complexity index is 268. The first-order chi connectivity index (χ1) is 6.76. The second-order valence-corrected chi connectivity index (χ2v) is 4.14. The maximum Gasteiger partial charge on any atom is 0.225 e. The van der Waals surface area contributed by atoms with Crippen molar-refractivity contribution in [2.24, 2.45) is 0 Å². The molecule has 2 N–H and O–H groups in total. The van der Waals surface area contributed by atoms with Gasteiger partial charge in [-0.05, 0) is 17.9 Å². The van der Waals surface area contributed by atoms with Crippen molar-refractivity contribution in [1.29, 1.82) is 0 Å². The van der Waals surface area contributed by atoms with Crippen molar-refractivity contribution in [3.05, 3.63) is 22.4 Å². The Balaban J connectivity index is 2.35. The molecule has 1 rings (SSSR count). The summed E-state index contributed by atoms with van der Waals surface area (Å²) in [5.41, 5.74) is 0. The number of carbonyl (C=O) groups is 1. The minimum Gasteiger partial charge on any atom is -0.394 e. The van der Waals surface area contributed by atoms with E-state index in [9.17, 15) is 4.79 Å². The summed E-state index contributed by atoms with van der Waals surface area (Å²) in [5, 5.41) is 13.6. The molecule has 1 heterocycles. The Morgan fingerprint density at radius 1 is 1.71 bits per heavy atom. The number of aliphatic hydroxyl groups excluding tert-OH is 1. The Labute approximate surface area is 87.8 Å². The summed E-state index contributed by atoms with van der Waals surface area (Å²) in [5.74, 6) is -0.0200. The number of thiophene rings is 1. The molecule has 0 aliphatic carbocycles. The van der Waals surface area contributed by atoms with Gasteiger partial charge in [-0.3, -0.25) is 4.79 Å². The van der Waals surface area contributed by atoms with Gasteiger partial charge in [-0.15, -0.1) is 11.3 Å². The molecule has 1 aromatic heterocycles. The summed E-state index contributed by atoms with van der Waals surface area (Å²) in [6.45, 7) is 1.94. The second-order valence-electron chi connectivity index (χ2n) is 3.11. The molecule has 0 radical (unpaired) electrons. The Morgan fingerprint density at radius 2 is 2.50 bits per heavy atom. The van der Waals surface area contributed by atoms with E-state index in [4.69, 9.17) is 5.11 Å². The normalized spacial score (nSPS) is 12.4. The molecule has 14 heavy (non-hydrogen) atoms. The molecule has 0 saturated heterocycles. The minimum absolute atomic E-state index is 0.00663. The molecule has 0 aliphatic rings. The maximum atomic E-state index is 11.4. The van der Waals surface area contributed by atoms with Crippen LogP contribution < -0.4 is 5.32 Å². The maximum absolute atomic E-state index is 11.4. The Morgan fingerprint density at radius 3 is 3.00 bits per heavy atom. The summed E-state index contributed by atoms with van der Waals surface area (Å²) >= 11 is 1.57. The smallest absolute Gasteiger partial charge is 0.225 e. The average molecular weight is 213 g/mol. The summed E-state index contributed by atoms with van der Waals surface area (Å²) in [4.78, 5) is 12.5. The molecule has 0 aromatic carbocycles. The van der Waals surface area contributed by atoms with Crippen molar-refractivity contribution >= 4 is 17.2 Å². The number of aliphatic hydroxyl groups is 1. The third-order valence-corrected chi connectivity index (χ3v) is 2.87. The van der Waals surface area contributed by atoms with E-state index in [2.05, 4.69) is 5.32 Å². The largest absolute Gasteiger partial charge is 0.394 e. The molecule has 1 amide bonds. The highest BCUT2D eigenvalue weighted by Gasteiger charge is 2.09. The van der Waals surface area contributed by atoms with Crippen LogP contribution in [0.25, 0.3) is 0 Å². The fraction of sp³-hybridized carbons (Fsp3) is 0.500. The van der Waals surface area contributed by atoms with Gasteiger partial charge < -0.3 is 10.4 Å². The summed E-state index contributed by atoms with van der Waals surface area (Å²) in [6, 6.07) is 3.75. The highest BCUT2D eigenvalue weighted by Crippen LogP contribution is 2.08. The lowest BCUT2D eigenvalue weighted by molar-refractivity contribution is -0.121. The lowest BCUT2D eigenvalue weighted by Crippen LogP contribution is -2.37. The average Bonchev–Trinajstić information content (AvgIpc) is 2.66. The zero-order valence-corrected chi connectivity index (χ0v) is 9.01. The molecule has 1 unspecified atom stereocenters. The summed E-state index contributed by atoms with van der Waals surface area (Å²) < 4.78 is 0. The number of carbonyl (C=O) groups excluding carboxylic acids is 1. The summed E-state index contributed by atoms with van der Waals surface area (Å²) in [6.07, 6.45) is 1.17. The Kier molecular flexibility index (Phi) is 4.62. The van der Waals surface area contributed by atoms with Crippen LogP contribution in [0.15, 0.2) is 17.5 Å². The highest BCUT2D eigenvalue weighted by molar-refractivity contribution is 7.10. The van der Waals surface area contributed by atoms with Crippen LogP contribution in [0, 0.1) is 0 Å². The number of amides is 1.